The molecule has 1 aromatic carbocycles. The molecule has 2 aromatic rings. The van der Waals surface area contributed by atoms with E-state index in [1.807, 2.05) is 0 Å². The van der Waals surface area contributed by atoms with E-state index in [-0.39, 0.29) is 11.7 Å². The van der Waals surface area contributed by atoms with Gasteiger partial charge in [-0.25, -0.2) is 0 Å². The van der Waals surface area contributed by atoms with Crippen LogP contribution >= 0.6 is 0 Å². The van der Waals surface area contributed by atoms with Crippen LogP contribution in [0.3, 0.4) is 0 Å². The van der Waals surface area contributed by atoms with Crippen molar-refractivity contribution >= 4 is 23.1 Å². The lowest BCUT2D eigenvalue weighted by Gasteiger charge is -2.04. The first-order valence-electron chi connectivity index (χ1n) is 6.04. The number of hydrogen-bond donors (Lipinski definition) is 2. The van der Waals surface area contributed by atoms with Crippen molar-refractivity contribution in [2.45, 2.75) is 6.92 Å². The van der Waals surface area contributed by atoms with Crippen molar-refractivity contribution < 1.29 is 14.0 Å². The summed E-state index contributed by atoms with van der Waals surface area (Å²) >= 11 is 0. The summed E-state index contributed by atoms with van der Waals surface area (Å²) in [7, 11) is 0. The van der Waals surface area contributed by atoms with Gasteiger partial charge in [0, 0.05) is 30.6 Å². The molecule has 0 unspecified atom stereocenters. The Morgan fingerprint density at radius 2 is 1.80 bits per heavy atom. The van der Waals surface area contributed by atoms with Gasteiger partial charge in [0.15, 0.2) is 5.76 Å². The number of carbonyl (C=O) groups excluding carboxylic acids is 2. The number of rotatable bonds is 5. The third-order valence-corrected chi connectivity index (χ3v) is 2.45. The minimum absolute atomic E-state index is 0.116. The van der Waals surface area contributed by atoms with E-state index in [1.165, 1.54) is 25.5 Å². The van der Waals surface area contributed by atoms with Gasteiger partial charge < -0.3 is 15.1 Å². The molecule has 5 heteroatoms. The molecule has 1 heterocycles. The van der Waals surface area contributed by atoms with Gasteiger partial charge in [-0.15, -0.1) is 0 Å². The number of furan rings is 1. The summed E-state index contributed by atoms with van der Waals surface area (Å²) in [5.74, 6) is -0.0314. The van der Waals surface area contributed by atoms with Gasteiger partial charge in [-0.2, -0.15) is 0 Å². The molecule has 0 aliphatic heterocycles. The molecular formula is C15H14N2O3. The van der Waals surface area contributed by atoms with E-state index in [0.717, 1.165) is 11.4 Å². The first kappa shape index (κ1) is 13.6. The Balaban J connectivity index is 1.90. The number of carbonyl (C=O) groups is 2. The van der Waals surface area contributed by atoms with Gasteiger partial charge in [0.05, 0.1) is 6.26 Å². The molecule has 0 saturated heterocycles. The van der Waals surface area contributed by atoms with Crippen LogP contribution in [-0.4, -0.2) is 11.7 Å². The standard InChI is InChI=1S/C15H14N2O3/c1-11(18)17-13-6-4-12(5-7-13)16-9-8-14(19)15-3-2-10-20-15/h2-10,16H,1H3,(H,17,18). The van der Waals surface area contributed by atoms with Gasteiger partial charge in [-0.05, 0) is 36.4 Å². The summed E-state index contributed by atoms with van der Waals surface area (Å²) in [6.45, 7) is 1.45. The zero-order chi connectivity index (χ0) is 14.4. The Bertz CT molecular complexity index is 613. The van der Waals surface area contributed by atoms with E-state index in [0.29, 0.717) is 5.76 Å². The third-order valence-electron chi connectivity index (χ3n) is 2.45. The maximum Gasteiger partial charge on any atom is 0.222 e. The van der Waals surface area contributed by atoms with E-state index in [1.54, 1.807) is 36.4 Å². The zero-order valence-corrected chi connectivity index (χ0v) is 10.9. The molecule has 5 nitrogen and oxygen atoms in total. The average molecular weight is 270 g/mol. The van der Waals surface area contributed by atoms with Crippen LogP contribution in [0.15, 0.2) is 59.4 Å². The fraction of sp³-hybridized carbons (Fsp3) is 0.0667. The molecule has 0 bridgehead atoms. The summed E-state index contributed by atoms with van der Waals surface area (Å²) in [5, 5.41) is 5.64. The number of anilines is 2. The van der Waals surface area contributed by atoms with Crippen molar-refractivity contribution in [1.82, 2.24) is 0 Å². The van der Waals surface area contributed by atoms with Gasteiger partial charge in [0.1, 0.15) is 0 Å². The highest BCUT2D eigenvalue weighted by Gasteiger charge is 2.03. The molecule has 0 aliphatic rings. The number of hydrogen-bond acceptors (Lipinski definition) is 4. The van der Waals surface area contributed by atoms with E-state index in [2.05, 4.69) is 10.6 Å². The Kier molecular flexibility index (Phi) is 4.34. The average Bonchev–Trinajstić information content (AvgIpc) is 2.94. The normalized spacial score (nSPS) is 10.4. The quantitative estimate of drug-likeness (QED) is 0.647. The van der Waals surface area contributed by atoms with Crippen LogP contribution in [0, 0.1) is 0 Å². The minimum Gasteiger partial charge on any atom is -0.461 e. The molecule has 1 aromatic heterocycles. The fourth-order valence-electron chi connectivity index (χ4n) is 1.57. The summed E-state index contributed by atoms with van der Waals surface area (Å²) in [6, 6.07) is 10.4. The lowest BCUT2D eigenvalue weighted by Crippen LogP contribution is -2.05. The topological polar surface area (TPSA) is 71.3 Å². The number of allylic oxidation sites excluding steroid dienone is 1. The van der Waals surface area contributed by atoms with Crippen molar-refractivity contribution in [3.8, 4) is 0 Å². The highest BCUT2D eigenvalue weighted by Crippen LogP contribution is 2.13. The van der Waals surface area contributed by atoms with Gasteiger partial charge >= 0.3 is 0 Å². The molecule has 0 spiro atoms. The zero-order valence-electron chi connectivity index (χ0n) is 10.9. The van der Waals surface area contributed by atoms with Crippen molar-refractivity contribution in [3.63, 3.8) is 0 Å². The number of ketones is 1. The molecule has 0 atom stereocenters. The van der Waals surface area contributed by atoms with Crippen LogP contribution in [0.2, 0.25) is 0 Å². The van der Waals surface area contributed by atoms with E-state index in [4.69, 9.17) is 4.42 Å². The molecule has 0 fully saturated rings. The van der Waals surface area contributed by atoms with Crippen molar-refractivity contribution in [2.24, 2.45) is 0 Å². The number of amides is 1. The molecular weight excluding hydrogens is 256 g/mol. The van der Waals surface area contributed by atoms with Crippen molar-refractivity contribution in [3.05, 3.63) is 60.7 Å². The number of benzene rings is 1. The SMILES string of the molecule is CC(=O)Nc1ccc(NC=CC(=O)c2ccco2)cc1. The van der Waals surface area contributed by atoms with Crippen molar-refractivity contribution in [1.29, 1.82) is 0 Å². The fourth-order valence-corrected chi connectivity index (χ4v) is 1.57. The first-order valence-corrected chi connectivity index (χ1v) is 6.04. The Morgan fingerprint density at radius 1 is 1.10 bits per heavy atom. The summed E-state index contributed by atoms with van der Waals surface area (Å²) in [4.78, 5) is 22.5. The lowest BCUT2D eigenvalue weighted by atomic mass is 10.2. The van der Waals surface area contributed by atoms with E-state index < -0.39 is 0 Å². The van der Waals surface area contributed by atoms with Crippen molar-refractivity contribution in [2.75, 3.05) is 10.6 Å². The second-order valence-electron chi connectivity index (χ2n) is 4.08. The maximum absolute atomic E-state index is 11.6. The molecule has 0 saturated carbocycles. The Hall–Kier alpha value is -2.82. The molecule has 2 rings (SSSR count). The molecule has 20 heavy (non-hydrogen) atoms. The second-order valence-corrected chi connectivity index (χ2v) is 4.08. The predicted octanol–water partition coefficient (Wildman–Crippen LogP) is 3.05. The molecule has 0 aliphatic carbocycles. The molecule has 2 N–H and O–H groups in total. The highest BCUT2D eigenvalue weighted by molar-refractivity contribution is 6.02. The van der Waals surface area contributed by atoms with E-state index in [9.17, 15) is 9.59 Å². The monoisotopic (exact) mass is 270 g/mol. The van der Waals surface area contributed by atoms with Crippen LogP contribution in [0.5, 0.6) is 0 Å². The van der Waals surface area contributed by atoms with Gasteiger partial charge in [0.25, 0.3) is 0 Å². The second kappa shape index (κ2) is 6.38. The van der Waals surface area contributed by atoms with Gasteiger partial charge in [-0.1, -0.05) is 0 Å². The smallest absolute Gasteiger partial charge is 0.222 e. The maximum atomic E-state index is 11.6. The summed E-state index contributed by atoms with van der Waals surface area (Å²) in [5.41, 5.74) is 1.53. The molecule has 0 radical (unpaired) electrons. The first-order chi connectivity index (χ1) is 9.65. The van der Waals surface area contributed by atoms with Gasteiger partial charge in [-0.3, -0.25) is 9.59 Å². The van der Waals surface area contributed by atoms with Gasteiger partial charge in [0.2, 0.25) is 11.7 Å². The number of nitrogens with one attached hydrogen (secondary N) is 2. The predicted molar refractivity (Wildman–Crippen MR) is 76.5 cm³/mol. The van der Waals surface area contributed by atoms with Crippen LogP contribution < -0.4 is 10.6 Å². The Morgan fingerprint density at radius 3 is 2.40 bits per heavy atom. The highest BCUT2D eigenvalue weighted by atomic mass is 16.3. The summed E-state index contributed by atoms with van der Waals surface area (Å²) in [6.07, 6.45) is 4.38. The molecule has 1 amide bonds. The van der Waals surface area contributed by atoms with Crippen LogP contribution in [0.1, 0.15) is 17.5 Å². The minimum atomic E-state index is -0.211. The largest absolute Gasteiger partial charge is 0.461 e. The Labute approximate surface area is 116 Å². The summed E-state index contributed by atoms with van der Waals surface area (Å²) < 4.78 is 4.98. The van der Waals surface area contributed by atoms with Crippen LogP contribution in [0.4, 0.5) is 11.4 Å². The lowest BCUT2D eigenvalue weighted by molar-refractivity contribution is -0.114. The van der Waals surface area contributed by atoms with Crippen LogP contribution in [-0.2, 0) is 4.79 Å². The van der Waals surface area contributed by atoms with Crippen LogP contribution in [0.25, 0.3) is 0 Å². The van der Waals surface area contributed by atoms with E-state index >= 15 is 0 Å². The third kappa shape index (κ3) is 3.84. The molecule has 102 valence electrons.